The Morgan fingerprint density at radius 2 is 1.81 bits per heavy atom. The Balaban J connectivity index is 1.61. The number of hydrogen-bond acceptors (Lipinski definition) is 5. The van der Waals surface area contributed by atoms with Crippen molar-refractivity contribution >= 4 is 41.0 Å². The van der Waals surface area contributed by atoms with Crippen molar-refractivity contribution in [2.45, 2.75) is 0 Å². The standard InChI is InChI=1S/C20H10Cl2O5/c21-14-3-1-4-15(22)13(14)10-18-19(23)12-7-6-11(9-17(12)27-18)26-20(24)16-5-2-8-25-16/h1-10H. The van der Waals surface area contributed by atoms with E-state index < -0.39 is 5.97 Å². The predicted molar refractivity (Wildman–Crippen MR) is 99.5 cm³/mol. The molecule has 27 heavy (non-hydrogen) atoms. The molecule has 0 amide bonds. The van der Waals surface area contributed by atoms with Crippen LogP contribution in [0.15, 0.2) is 65.0 Å². The highest BCUT2D eigenvalue weighted by Crippen LogP contribution is 2.36. The van der Waals surface area contributed by atoms with Crippen LogP contribution in [-0.2, 0) is 0 Å². The Bertz CT molecular complexity index is 1060. The third kappa shape index (κ3) is 3.35. The summed E-state index contributed by atoms with van der Waals surface area (Å²) in [6, 6.07) is 12.6. The molecule has 1 aliphatic heterocycles. The van der Waals surface area contributed by atoms with Gasteiger partial charge in [-0.3, -0.25) is 4.79 Å². The molecule has 0 atom stereocenters. The van der Waals surface area contributed by atoms with Crippen molar-refractivity contribution in [3.8, 4) is 11.5 Å². The maximum atomic E-state index is 12.5. The van der Waals surface area contributed by atoms with E-state index in [0.717, 1.165) is 0 Å². The fourth-order valence-corrected chi connectivity index (χ4v) is 3.07. The average Bonchev–Trinajstić information content (AvgIpc) is 3.27. The first-order valence-corrected chi connectivity index (χ1v) is 8.56. The zero-order valence-corrected chi connectivity index (χ0v) is 15.1. The Hall–Kier alpha value is -3.02. The number of halogens is 2. The zero-order valence-electron chi connectivity index (χ0n) is 13.6. The van der Waals surface area contributed by atoms with Gasteiger partial charge >= 0.3 is 5.97 Å². The van der Waals surface area contributed by atoms with Crippen molar-refractivity contribution < 1.29 is 23.5 Å². The van der Waals surface area contributed by atoms with Crippen LogP contribution < -0.4 is 9.47 Å². The van der Waals surface area contributed by atoms with Gasteiger partial charge in [-0.25, -0.2) is 4.79 Å². The summed E-state index contributed by atoms with van der Waals surface area (Å²) in [7, 11) is 0. The van der Waals surface area contributed by atoms with Crippen LogP contribution in [0.5, 0.6) is 11.5 Å². The van der Waals surface area contributed by atoms with E-state index in [4.69, 9.17) is 37.1 Å². The molecule has 0 saturated carbocycles. The minimum Gasteiger partial charge on any atom is -0.457 e. The smallest absolute Gasteiger partial charge is 0.379 e. The molecule has 0 radical (unpaired) electrons. The van der Waals surface area contributed by atoms with E-state index in [9.17, 15) is 9.59 Å². The number of allylic oxidation sites excluding steroid dienone is 1. The molecule has 0 saturated heterocycles. The molecule has 0 N–H and O–H groups in total. The Kier molecular flexibility index (Phi) is 4.48. The lowest BCUT2D eigenvalue weighted by Gasteiger charge is -2.04. The zero-order chi connectivity index (χ0) is 19.0. The van der Waals surface area contributed by atoms with Crippen LogP contribution in [0.25, 0.3) is 6.08 Å². The first-order valence-electron chi connectivity index (χ1n) is 7.81. The normalized spacial score (nSPS) is 14.1. The van der Waals surface area contributed by atoms with E-state index in [0.29, 0.717) is 21.2 Å². The van der Waals surface area contributed by atoms with Gasteiger partial charge < -0.3 is 13.9 Å². The van der Waals surface area contributed by atoms with Crippen molar-refractivity contribution in [3.05, 3.63) is 87.5 Å². The van der Waals surface area contributed by atoms with Crippen LogP contribution in [0.4, 0.5) is 0 Å². The molecule has 4 rings (SSSR count). The first-order chi connectivity index (χ1) is 13.0. The summed E-state index contributed by atoms with van der Waals surface area (Å²) in [5.74, 6) is -0.317. The number of benzene rings is 2. The van der Waals surface area contributed by atoms with Gasteiger partial charge in [-0.1, -0.05) is 29.3 Å². The van der Waals surface area contributed by atoms with E-state index in [2.05, 4.69) is 0 Å². The Morgan fingerprint density at radius 1 is 1.04 bits per heavy atom. The topological polar surface area (TPSA) is 65.7 Å². The minimum absolute atomic E-state index is 0.0708. The summed E-state index contributed by atoms with van der Waals surface area (Å²) >= 11 is 12.3. The number of fused-ring (bicyclic) bond motifs is 1. The Labute approximate surface area is 163 Å². The van der Waals surface area contributed by atoms with Crippen LogP contribution in [0.1, 0.15) is 26.5 Å². The second-order valence-corrected chi connectivity index (χ2v) is 6.41. The van der Waals surface area contributed by atoms with E-state index in [1.807, 2.05) is 0 Å². The molecule has 0 spiro atoms. The second kappa shape index (κ2) is 6.95. The molecule has 2 heterocycles. The van der Waals surface area contributed by atoms with Crippen molar-refractivity contribution in [2.24, 2.45) is 0 Å². The van der Waals surface area contributed by atoms with Gasteiger partial charge in [0.15, 0.2) is 5.76 Å². The number of esters is 1. The molecule has 1 aliphatic rings. The predicted octanol–water partition coefficient (Wildman–Crippen LogP) is 5.42. The van der Waals surface area contributed by atoms with Crippen LogP contribution >= 0.6 is 23.2 Å². The quantitative estimate of drug-likeness (QED) is 0.333. The van der Waals surface area contributed by atoms with Gasteiger partial charge in [-0.15, -0.1) is 0 Å². The average molecular weight is 401 g/mol. The van der Waals surface area contributed by atoms with Crippen LogP contribution in [0.2, 0.25) is 10.0 Å². The molecule has 0 aliphatic carbocycles. The molecule has 134 valence electrons. The molecule has 0 fully saturated rings. The lowest BCUT2D eigenvalue weighted by Crippen LogP contribution is -2.07. The number of hydrogen-bond donors (Lipinski definition) is 0. The number of rotatable bonds is 3. The second-order valence-electron chi connectivity index (χ2n) is 5.60. The van der Waals surface area contributed by atoms with Gasteiger partial charge in [0.2, 0.25) is 11.5 Å². The number of furan rings is 1. The van der Waals surface area contributed by atoms with Gasteiger partial charge in [0.05, 0.1) is 11.8 Å². The largest absolute Gasteiger partial charge is 0.457 e. The summed E-state index contributed by atoms with van der Waals surface area (Å²) < 4.78 is 15.8. The SMILES string of the molecule is O=C(Oc1ccc2c(c1)OC(=Cc1c(Cl)cccc1Cl)C2=O)c1ccco1. The number of carbonyl (C=O) groups is 2. The van der Waals surface area contributed by atoms with Gasteiger partial charge in [-0.05, 0) is 42.5 Å². The summed E-state index contributed by atoms with van der Waals surface area (Å²) in [6.45, 7) is 0. The highest BCUT2D eigenvalue weighted by Gasteiger charge is 2.28. The van der Waals surface area contributed by atoms with Gasteiger partial charge in [0.25, 0.3) is 0 Å². The lowest BCUT2D eigenvalue weighted by atomic mass is 10.1. The third-order valence-electron chi connectivity index (χ3n) is 3.85. The molecular formula is C20H10Cl2O5. The monoisotopic (exact) mass is 400 g/mol. The molecule has 7 heteroatoms. The maximum Gasteiger partial charge on any atom is 0.379 e. The summed E-state index contributed by atoms with van der Waals surface area (Å²) in [5, 5.41) is 0.797. The van der Waals surface area contributed by atoms with E-state index in [-0.39, 0.29) is 28.8 Å². The van der Waals surface area contributed by atoms with Crippen molar-refractivity contribution in [3.63, 3.8) is 0 Å². The molecular weight excluding hydrogens is 391 g/mol. The fourth-order valence-electron chi connectivity index (χ4n) is 2.56. The van der Waals surface area contributed by atoms with Crippen molar-refractivity contribution in [1.29, 1.82) is 0 Å². The highest BCUT2D eigenvalue weighted by molar-refractivity contribution is 6.37. The number of Topliss-reactive ketones (excluding diaryl/α,β-unsaturated/α-hetero) is 1. The maximum absolute atomic E-state index is 12.5. The summed E-state index contributed by atoms with van der Waals surface area (Å²) in [6.07, 6.45) is 2.86. The summed E-state index contributed by atoms with van der Waals surface area (Å²) in [4.78, 5) is 24.5. The van der Waals surface area contributed by atoms with Crippen LogP contribution in [0, 0.1) is 0 Å². The van der Waals surface area contributed by atoms with Crippen molar-refractivity contribution in [1.82, 2.24) is 0 Å². The highest BCUT2D eigenvalue weighted by atomic mass is 35.5. The van der Waals surface area contributed by atoms with Gasteiger partial charge in [0.1, 0.15) is 11.5 Å². The van der Waals surface area contributed by atoms with E-state index >= 15 is 0 Å². The van der Waals surface area contributed by atoms with Crippen LogP contribution in [0.3, 0.4) is 0 Å². The van der Waals surface area contributed by atoms with E-state index in [1.54, 1.807) is 24.3 Å². The number of carbonyl (C=O) groups excluding carboxylic acids is 2. The lowest BCUT2D eigenvalue weighted by molar-refractivity contribution is 0.0701. The molecule has 5 nitrogen and oxygen atoms in total. The van der Waals surface area contributed by atoms with Gasteiger partial charge in [-0.2, -0.15) is 0 Å². The summed E-state index contributed by atoms with van der Waals surface area (Å²) in [5.41, 5.74) is 0.837. The molecule has 0 bridgehead atoms. The number of ether oxygens (including phenoxy) is 2. The first kappa shape index (κ1) is 17.4. The molecule has 0 unspecified atom stereocenters. The fraction of sp³-hybridized carbons (Fsp3) is 0. The minimum atomic E-state index is -0.650. The molecule has 2 aromatic carbocycles. The van der Waals surface area contributed by atoms with Crippen molar-refractivity contribution in [2.75, 3.05) is 0 Å². The molecule has 1 aromatic heterocycles. The van der Waals surface area contributed by atoms with Crippen LogP contribution in [-0.4, -0.2) is 11.8 Å². The van der Waals surface area contributed by atoms with Gasteiger partial charge in [0, 0.05) is 21.7 Å². The molecule has 3 aromatic rings. The van der Waals surface area contributed by atoms with E-state index in [1.165, 1.54) is 36.6 Å². The number of ketones is 1. The Morgan fingerprint density at radius 3 is 2.52 bits per heavy atom. The third-order valence-corrected chi connectivity index (χ3v) is 4.51.